The molecule has 1 amide bonds. The van der Waals surface area contributed by atoms with Crippen LogP contribution in [0.3, 0.4) is 0 Å². The molecule has 1 saturated heterocycles. The van der Waals surface area contributed by atoms with Gasteiger partial charge in [0.2, 0.25) is 5.95 Å². The number of hydrogen-bond acceptors (Lipinski definition) is 6. The van der Waals surface area contributed by atoms with Crippen LogP contribution in [0, 0.1) is 0 Å². The van der Waals surface area contributed by atoms with Crippen molar-refractivity contribution in [3.05, 3.63) is 42.4 Å². The zero-order chi connectivity index (χ0) is 16.9. The Labute approximate surface area is 141 Å². The number of piperazine rings is 1. The molecule has 0 aromatic carbocycles. The number of anilines is 2. The lowest BCUT2D eigenvalue weighted by Crippen LogP contribution is -2.49. The molecule has 0 radical (unpaired) electrons. The van der Waals surface area contributed by atoms with Crippen molar-refractivity contribution in [3.8, 4) is 0 Å². The van der Waals surface area contributed by atoms with Crippen molar-refractivity contribution in [3.63, 3.8) is 0 Å². The number of nitrogens with zero attached hydrogens (tertiary/aromatic N) is 5. The zero-order valence-corrected chi connectivity index (χ0v) is 14.0. The minimum absolute atomic E-state index is 0.0314. The normalized spacial score (nSPS) is 14.8. The molecule has 0 bridgehead atoms. The molecule has 3 heterocycles. The van der Waals surface area contributed by atoms with Gasteiger partial charge >= 0.3 is 0 Å². The molecule has 0 spiro atoms. The van der Waals surface area contributed by atoms with E-state index in [0.29, 0.717) is 24.7 Å². The SMILES string of the molecule is CC(C)Nc1cccc(C(=O)N2CCN(c3ncccn3)CC2)n1. The van der Waals surface area contributed by atoms with Crippen molar-refractivity contribution >= 4 is 17.7 Å². The lowest BCUT2D eigenvalue weighted by atomic mass is 10.2. The number of nitrogens with one attached hydrogen (secondary N) is 1. The van der Waals surface area contributed by atoms with Crippen LogP contribution in [-0.4, -0.2) is 58.0 Å². The molecule has 0 unspecified atom stereocenters. The second-order valence-corrected chi connectivity index (χ2v) is 6.04. The molecule has 24 heavy (non-hydrogen) atoms. The smallest absolute Gasteiger partial charge is 0.272 e. The largest absolute Gasteiger partial charge is 0.368 e. The summed E-state index contributed by atoms with van der Waals surface area (Å²) < 4.78 is 0. The Morgan fingerprint density at radius 1 is 1.08 bits per heavy atom. The standard InChI is InChI=1S/C17H22N6O/c1-13(2)20-15-6-3-5-14(21-15)16(24)22-9-11-23(12-10-22)17-18-7-4-8-19-17/h3-8,13H,9-12H2,1-2H3,(H,20,21). The molecule has 0 atom stereocenters. The van der Waals surface area contributed by atoms with Gasteiger partial charge in [-0.25, -0.2) is 15.0 Å². The maximum atomic E-state index is 12.7. The van der Waals surface area contributed by atoms with Gasteiger partial charge in [-0.2, -0.15) is 0 Å². The lowest BCUT2D eigenvalue weighted by Gasteiger charge is -2.34. The quantitative estimate of drug-likeness (QED) is 0.921. The summed E-state index contributed by atoms with van der Waals surface area (Å²) in [4.78, 5) is 29.5. The van der Waals surface area contributed by atoms with Gasteiger partial charge in [-0.05, 0) is 32.0 Å². The van der Waals surface area contributed by atoms with Crippen LogP contribution in [-0.2, 0) is 0 Å². The van der Waals surface area contributed by atoms with E-state index in [1.165, 1.54) is 0 Å². The number of pyridine rings is 1. The van der Waals surface area contributed by atoms with E-state index in [9.17, 15) is 4.79 Å². The van der Waals surface area contributed by atoms with E-state index in [4.69, 9.17) is 0 Å². The first-order valence-corrected chi connectivity index (χ1v) is 8.18. The number of carbonyl (C=O) groups excluding carboxylic acids is 1. The lowest BCUT2D eigenvalue weighted by molar-refractivity contribution is 0.0740. The summed E-state index contributed by atoms with van der Waals surface area (Å²) in [7, 11) is 0. The van der Waals surface area contributed by atoms with Crippen molar-refractivity contribution in [2.45, 2.75) is 19.9 Å². The Morgan fingerprint density at radius 3 is 2.46 bits per heavy atom. The predicted molar refractivity (Wildman–Crippen MR) is 93.1 cm³/mol. The molecule has 2 aromatic heterocycles. The van der Waals surface area contributed by atoms with Crippen molar-refractivity contribution in [2.24, 2.45) is 0 Å². The van der Waals surface area contributed by atoms with Crippen molar-refractivity contribution in [2.75, 3.05) is 36.4 Å². The topological polar surface area (TPSA) is 74.2 Å². The van der Waals surface area contributed by atoms with Crippen LogP contribution in [0.5, 0.6) is 0 Å². The Kier molecular flexibility index (Phi) is 4.88. The fourth-order valence-electron chi connectivity index (χ4n) is 2.66. The number of rotatable bonds is 4. The predicted octanol–water partition coefficient (Wildman–Crippen LogP) is 1.65. The summed E-state index contributed by atoms with van der Waals surface area (Å²) in [6, 6.07) is 7.57. The molecule has 3 rings (SSSR count). The number of hydrogen-bond donors (Lipinski definition) is 1. The number of aromatic nitrogens is 3. The van der Waals surface area contributed by atoms with Gasteiger partial charge in [-0.1, -0.05) is 6.07 Å². The van der Waals surface area contributed by atoms with Gasteiger partial charge in [0.15, 0.2) is 0 Å². The first-order valence-electron chi connectivity index (χ1n) is 8.18. The molecule has 126 valence electrons. The Morgan fingerprint density at radius 2 is 1.79 bits per heavy atom. The number of carbonyl (C=O) groups is 1. The summed E-state index contributed by atoms with van der Waals surface area (Å²) in [5, 5.41) is 3.22. The minimum atomic E-state index is -0.0314. The second kappa shape index (κ2) is 7.25. The number of amides is 1. The Hall–Kier alpha value is -2.70. The Bertz CT molecular complexity index is 682. The van der Waals surface area contributed by atoms with E-state index in [0.717, 1.165) is 18.9 Å². The van der Waals surface area contributed by atoms with Gasteiger partial charge < -0.3 is 15.1 Å². The fraction of sp³-hybridized carbons (Fsp3) is 0.412. The van der Waals surface area contributed by atoms with Crippen LogP contribution in [0.2, 0.25) is 0 Å². The summed E-state index contributed by atoms with van der Waals surface area (Å²) in [6.45, 7) is 6.81. The van der Waals surface area contributed by atoms with E-state index >= 15 is 0 Å². The first kappa shape index (κ1) is 16.2. The summed E-state index contributed by atoms with van der Waals surface area (Å²) in [5.41, 5.74) is 0.477. The van der Waals surface area contributed by atoms with Gasteiger partial charge in [-0.3, -0.25) is 4.79 Å². The fourth-order valence-corrected chi connectivity index (χ4v) is 2.66. The highest BCUT2D eigenvalue weighted by molar-refractivity contribution is 5.92. The van der Waals surface area contributed by atoms with Gasteiger partial charge in [0, 0.05) is 44.6 Å². The van der Waals surface area contributed by atoms with Crippen LogP contribution in [0.4, 0.5) is 11.8 Å². The van der Waals surface area contributed by atoms with Gasteiger partial charge in [-0.15, -0.1) is 0 Å². The van der Waals surface area contributed by atoms with Crippen LogP contribution in [0.25, 0.3) is 0 Å². The van der Waals surface area contributed by atoms with Gasteiger partial charge in [0.25, 0.3) is 5.91 Å². The van der Waals surface area contributed by atoms with Crippen LogP contribution in [0.15, 0.2) is 36.7 Å². The van der Waals surface area contributed by atoms with E-state index in [-0.39, 0.29) is 11.9 Å². The Balaban J connectivity index is 1.63. The van der Waals surface area contributed by atoms with E-state index in [1.807, 2.05) is 30.9 Å². The molecule has 0 aliphatic carbocycles. The first-order chi connectivity index (χ1) is 11.6. The molecular formula is C17H22N6O. The molecule has 7 heteroatoms. The average Bonchev–Trinajstić information content (AvgIpc) is 2.62. The molecule has 1 aliphatic rings. The monoisotopic (exact) mass is 326 g/mol. The molecular weight excluding hydrogens is 304 g/mol. The van der Waals surface area contributed by atoms with Crippen molar-refractivity contribution in [1.82, 2.24) is 19.9 Å². The van der Waals surface area contributed by atoms with Crippen LogP contribution in [0.1, 0.15) is 24.3 Å². The third-order valence-corrected chi connectivity index (χ3v) is 3.81. The minimum Gasteiger partial charge on any atom is -0.368 e. The summed E-state index contributed by atoms with van der Waals surface area (Å²) in [6.07, 6.45) is 3.47. The zero-order valence-electron chi connectivity index (χ0n) is 14.0. The molecule has 1 N–H and O–H groups in total. The molecule has 1 aliphatic heterocycles. The van der Waals surface area contributed by atoms with E-state index in [1.54, 1.807) is 24.5 Å². The highest BCUT2D eigenvalue weighted by Gasteiger charge is 2.24. The van der Waals surface area contributed by atoms with Crippen LogP contribution < -0.4 is 10.2 Å². The third kappa shape index (κ3) is 3.79. The summed E-state index contributed by atoms with van der Waals surface area (Å²) in [5.74, 6) is 1.41. The third-order valence-electron chi connectivity index (χ3n) is 3.81. The molecule has 7 nitrogen and oxygen atoms in total. The molecule has 2 aromatic rings. The van der Waals surface area contributed by atoms with E-state index in [2.05, 4.69) is 25.2 Å². The maximum absolute atomic E-state index is 12.7. The van der Waals surface area contributed by atoms with Gasteiger partial charge in [0.1, 0.15) is 11.5 Å². The average molecular weight is 326 g/mol. The van der Waals surface area contributed by atoms with Crippen LogP contribution >= 0.6 is 0 Å². The summed E-state index contributed by atoms with van der Waals surface area (Å²) >= 11 is 0. The van der Waals surface area contributed by atoms with Crippen molar-refractivity contribution in [1.29, 1.82) is 0 Å². The molecule has 0 saturated carbocycles. The highest BCUT2D eigenvalue weighted by atomic mass is 16.2. The van der Waals surface area contributed by atoms with Gasteiger partial charge in [0.05, 0.1) is 0 Å². The van der Waals surface area contributed by atoms with Crippen molar-refractivity contribution < 1.29 is 4.79 Å². The second-order valence-electron chi connectivity index (χ2n) is 6.04. The maximum Gasteiger partial charge on any atom is 0.272 e. The van der Waals surface area contributed by atoms with E-state index < -0.39 is 0 Å². The molecule has 1 fully saturated rings. The highest BCUT2D eigenvalue weighted by Crippen LogP contribution is 2.13.